The van der Waals surface area contributed by atoms with E-state index in [0.29, 0.717) is 0 Å². The maximum Gasteiger partial charge on any atom is 0.240 e. The fraction of sp³-hybridized carbons (Fsp3) is 0.500. The largest absolute Gasteiger partial charge is 0.497 e. The quantitative estimate of drug-likeness (QED) is 0.880. The van der Waals surface area contributed by atoms with Crippen molar-refractivity contribution in [2.75, 3.05) is 40.3 Å². The van der Waals surface area contributed by atoms with Crippen molar-refractivity contribution in [1.82, 2.24) is 24.9 Å². The van der Waals surface area contributed by atoms with Gasteiger partial charge in [0.2, 0.25) is 5.91 Å². The highest BCUT2D eigenvalue weighted by Gasteiger charge is 2.46. The van der Waals surface area contributed by atoms with Gasteiger partial charge in [0.15, 0.2) is 0 Å². The highest BCUT2D eigenvalue weighted by molar-refractivity contribution is 5.87. The van der Waals surface area contributed by atoms with Crippen molar-refractivity contribution in [2.45, 2.75) is 24.9 Å². The summed E-state index contributed by atoms with van der Waals surface area (Å²) in [5, 5.41) is 7.43. The van der Waals surface area contributed by atoms with Gasteiger partial charge in [-0.1, -0.05) is 0 Å². The number of methoxy groups -OCH3 is 1. The zero-order chi connectivity index (χ0) is 18.9. The number of amides is 1. The lowest BCUT2D eigenvalue weighted by Crippen LogP contribution is -2.66. The minimum absolute atomic E-state index is 0.189. The second-order valence-electron chi connectivity index (χ2n) is 7.43. The number of hydrogen-bond donors (Lipinski definition) is 1. The zero-order valence-electron chi connectivity index (χ0n) is 16.0. The predicted molar refractivity (Wildman–Crippen MR) is 103 cm³/mol. The second kappa shape index (κ2) is 7.32. The van der Waals surface area contributed by atoms with E-state index in [1.165, 1.54) is 5.56 Å². The first-order chi connectivity index (χ1) is 13.1. The van der Waals surface area contributed by atoms with Crippen molar-refractivity contribution >= 4 is 5.91 Å². The third kappa shape index (κ3) is 3.33. The lowest BCUT2D eigenvalue weighted by atomic mass is 9.83. The van der Waals surface area contributed by atoms with E-state index >= 15 is 0 Å². The standard InChI is InChI=1S/C20H27N5O2/c1-23-13-9-21-19(26)20(23)6-11-24(12-7-20)15-16-14-17(27-2)4-5-18(16)25-10-3-8-22-25/h3-5,8,10,14H,6-7,9,11-13,15H2,1-2H3,(H,21,26). The summed E-state index contributed by atoms with van der Waals surface area (Å²) in [6.45, 7) is 4.28. The van der Waals surface area contributed by atoms with Crippen LogP contribution in [-0.4, -0.2) is 71.4 Å². The van der Waals surface area contributed by atoms with Crippen LogP contribution in [0.3, 0.4) is 0 Å². The van der Waals surface area contributed by atoms with Crippen molar-refractivity contribution in [1.29, 1.82) is 0 Å². The number of aromatic nitrogens is 2. The molecule has 3 heterocycles. The van der Waals surface area contributed by atoms with Crippen LogP contribution >= 0.6 is 0 Å². The molecular weight excluding hydrogens is 342 g/mol. The number of likely N-dealkylation sites (tertiary alicyclic amines) is 1. The molecule has 1 aromatic heterocycles. The van der Waals surface area contributed by atoms with Crippen LogP contribution in [0.4, 0.5) is 0 Å². The summed E-state index contributed by atoms with van der Waals surface area (Å²) in [7, 11) is 3.77. The number of hydrogen-bond acceptors (Lipinski definition) is 5. The van der Waals surface area contributed by atoms with Crippen molar-refractivity contribution < 1.29 is 9.53 Å². The van der Waals surface area contributed by atoms with Crippen LogP contribution in [0.5, 0.6) is 5.75 Å². The lowest BCUT2D eigenvalue weighted by Gasteiger charge is -2.48. The Morgan fingerprint density at radius 1 is 1.26 bits per heavy atom. The topological polar surface area (TPSA) is 62.6 Å². The maximum absolute atomic E-state index is 12.5. The van der Waals surface area contributed by atoms with Gasteiger partial charge < -0.3 is 10.1 Å². The molecule has 1 amide bonds. The fourth-order valence-electron chi connectivity index (χ4n) is 4.27. The number of nitrogens with zero attached hydrogens (tertiary/aromatic N) is 4. The van der Waals surface area contributed by atoms with E-state index in [4.69, 9.17) is 4.74 Å². The second-order valence-corrected chi connectivity index (χ2v) is 7.43. The third-order valence-corrected chi connectivity index (χ3v) is 6.00. The third-order valence-electron chi connectivity index (χ3n) is 6.00. The SMILES string of the molecule is COc1ccc(-n2cccn2)c(CN2CCC3(CC2)C(=O)NCCN3C)c1. The van der Waals surface area contributed by atoms with Gasteiger partial charge in [0, 0.05) is 45.1 Å². The first-order valence-electron chi connectivity index (χ1n) is 9.51. The van der Waals surface area contributed by atoms with Gasteiger partial charge in [0.25, 0.3) is 0 Å². The van der Waals surface area contributed by atoms with Crippen LogP contribution in [0.15, 0.2) is 36.7 Å². The number of piperazine rings is 1. The summed E-state index contributed by atoms with van der Waals surface area (Å²) < 4.78 is 7.32. The Balaban J connectivity index is 1.51. The fourth-order valence-corrected chi connectivity index (χ4v) is 4.27. The Bertz CT molecular complexity index is 797. The average molecular weight is 369 g/mol. The van der Waals surface area contributed by atoms with Crippen LogP contribution in [-0.2, 0) is 11.3 Å². The lowest BCUT2D eigenvalue weighted by molar-refractivity contribution is -0.140. The van der Waals surface area contributed by atoms with Gasteiger partial charge in [-0.25, -0.2) is 4.68 Å². The summed E-state index contributed by atoms with van der Waals surface area (Å²) in [6, 6.07) is 8.03. The number of likely N-dealkylation sites (N-methyl/N-ethyl adjacent to an activating group) is 1. The molecule has 0 aliphatic carbocycles. The van der Waals surface area contributed by atoms with E-state index < -0.39 is 0 Å². The maximum atomic E-state index is 12.5. The molecule has 0 bridgehead atoms. The summed E-state index contributed by atoms with van der Waals surface area (Å²) in [5.74, 6) is 1.04. The van der Waals surface area contributed by atoms with Crippen molar-refractivity contribution in [3.8, 4) is 11.4 Å². The predicted octanol–water partition coefficient (Wildman–Crippen LogP) is 1.28. The number of carbonyl (C=O) groups excluding carboxylic acids is 1. The Morgan fingerprint density at radius 3 is 2.74 bits per heavy atom. The van der Waals surface area contributed by atoms with Crippen LogP contribution in [0, 0.1) is 0 Å². The van der Waals surface area contributed by atoms with E-state index in [9.17, 15) is 4.79 Å². The van der Waals surface area contributed by atoms with Gasteiger partial charge in [-0.3, -0.25) is 14.6 Å². The van der Waals surface area contributed by atoms with Crippen molar-refractivity contribution in [3.63, 3.8) is 0 Å². The molecule has 0 saturated carbocycles. The summed E-state index contributed by atoms with van der Waals surface area (Å²) in [4.78, 5) is 17.2. The smallest absolute Gasteiger partial charge is 0.240 e. The van der Waals surface area contributed by atoms with Gasteiger partial charge in [0.1, 0.15) is 11.3 Å². The highest BCUT2D eigenvalue weighted by Crippen LogP contribution is 2.31. The Labute approximate surface area is 159 Å². The molecule has 27 heavy (non-hydrogen) atoms. The number of nitrogens with one attached hydrogen (secondary N) is 1. The number of carbonyl (C=O) groups is 1. The number of rotatable bonds is 4. The van der Waals surface area contributed by atoms with E-state index in [-0.39, 0.29) is 11.4 Å². The Morgan fingerprint density at radius 2 is 2.07 bits per heavy atom. The van der Waals surface area contributed by atoms with Crippen LogP contribution in [0.2, 0.25) is 0 Å². The molecular formula is C20H27N5O2. The normalized spacial score (nSPS) is 20.6. The van der Waals surface area contributed by atoms with Crippen LogP contribution in [0.1, 0.15) is 18.4 Å². The molecule has 2 aliphatic rings. The van der Waals surface area contributed by atoms with Gasteiger partial charge >= 0.3 is 0 Å². The summed E-state index contributed by atoms with van der Waals surface area (Å²) in [6.07, 6.45) is 5.46. The summed E-state index contributed by atoms with van der Waals surface area (Å²) in [5.41, 5.74) is 1.90. The Kier molecular flexibility index (Phi) is 4.88. The zero-order valence-corrected chi connectivity index (χ0v) is 16.0. The van der Waals surface area contributed by atoms with Gasteiger partial charge in [-0.15, -0.1) is 0 Å². The average Bonchev–Trinajstić information content (AvgIpc) is 3.22. The monoisotopic (exact) mass is 369 g/mol. The molecule has 2 fully saturated rings. The van der Waals surface area contributed by atoms with Crippen LogP contribution < -0.4 is 10.1 Å². The molecule has 0 unspecified atom stereocenters. The van der Waals surface area contributed by atoms with E-state index in [1.807, 2.05) is 23.0 Å². The molecule has 7 nitrogen and oxygen atoms in total. The molecule has 2 saturated heterocycles. The minimum Gasteiger partial charge on any atom is -0.497 e. The van der Waals surface area contributed by atoms with Crippen molar-refractivity contribution in [3.05, 3.63) is 42.2 Å². The number of benzene rings is 1. The van der Waals surface area contributed by atoms with E-state index in [1.54, 1.807) is 13.3 Å². The Hall–Kier alpha value is -2.38. The summed E-state index contributed by atoms with van der Waals surface area (Å²) >= 11 is 0. The molecule has 7 heteroatoms. The molecule has 1 aromatic carbocycles. The molecule has 2 aromatic rings. The molecule has 0 radical (unpaired) electrons. The molecule has 1 N–H and O–H groups in total. The van der Waals surface area contributed by atoms with E-state index in [0.717, 1.165) is 57.0 Å². The molecule has 4 rings (SSSR count). The van der Waals surface area contributed by atoms with Gasteiger partial charge in [0.05, 0.1) is 12.8 Å². The first-order valence-corrected chi connectivity index (χ1v) is 9.51. The molecule has 1 spiro atoms. The molecule has 0 atom stereocenters. The number of piperidine rings is 1. The number of ether oxygens (including phenoxy) is 1. The van der Waals surface area contributed by atoms with Crippen LogP contribution in [0.25, 0.3) is 5.69 Å². The molecule has 2 aliphatic heterocycles. The van der Waals surface area contributed by atoms with Crippen molar-refractivity contribution in [2.24, 2.45) is 0 Å². The molecule has 144 valence electrons. The first kappa shape index (κ1) is 18.0. The highest BCUT2D eigenvalue weighted by atomic mass is 16.5. The van der Waals surface area contributed by atoms with Gasteiger partial charge in [-0.2, -0.15) is 5.10 Å². The van der Waals surface area contributed by atoms with Gasteiger partial charge in [-0.05, 0) is 49.7 Å². The van der Waals surface area contributed by atoms with E-state index in [2.05, 4.69) is 39.4 Å². The minimum atomic E-state index is -0.339.